The minimum atomic E-state index is -0.172. The zero-order valence-corrected chi connectivity index (χ0v) is 38.2. The van der Waals surface area contributed by atoms with E-state index in [9.17, 15) is 19.2 Å². The summed E-state index contributed by atoms with van der Waals surface area (Å²) < 4.78 is 0.909. The molecule has 0 bridgehead atoms. The number of nitrogens with zero attached hydrogens (tertiary/aromatic N) is 3. The highest BCUT2D eigenvalue weighted by atomic mass is 79.9. The third-order valence-corrected chi connectivity index (χ3v) is 13.6. The van der Waals surface area contributed by atoms with E-state index >= 15 is 0 Å². The first-order chi connectivity index (χ1) is 30.7. The highest BCUT2D eigenvalue weighted by molar-refractivity contribution is 9.10. The number of unbranched alkanes of at least 4 members (excludes halogenated alkanes) is 4. The molecule has 4 amide bonds. The number of fused-ring (bicyclic) bond motifs is 1. The second kappa shape index (κ2) is 20.2. The third kappa shape index (κ3) is 8.40. The van der Waals surface area contributed by atoms with E-state index in [2.05, 4.69) is 72.9 Å². The van der Waals surface area contributed by atoms with Crippen LogP contribution in [0.25, 0.3) is 54.7 Å². The molecule has 0 saturated heterocycles. The van der Waals surface area contributed by atoms with Gasteiger partial charge in [0.15, 0.2) is 0 Å². The molecule has 9 rings (SSSR count). The fourth-order valence-electron chi connectivity index (χ4n) is 9.66. The maximum atomic E-state index is 13.8. The summed E-state index contributed by atoms with van der Waals surface area (Å²) in [6, 6.07) is 37.7. The summed E-state index contributed by atoms with van der Waals surface area (Å²) in [6.45, 7) is 8.44. The molecular weight excluding hydrogens is 859 g/mol. The lowest BCUT2D eigenvalue weighted by atomic mass is 9.86. The molecule has 0 aliphatic carbocycles. The number of halogens is 1. The standard InChI is InChI=1S/C35H32N2O2.C20H22BrNO2.CH4/c1-3-5-6-12-23(4-2)37-34(38)30-16-11-15-29-27(19-21-31(33(29)30)35(37)39)26-18-20-28(32-17-9-10-22-36-32)25-14-8-7-13-24(25)26;1-3-5-6-8-13(4-2)22-19(23)15-10-7-9-14-17(21)12-11-16(18(14)15)20(22)24;/h7-11,13-23H,3-6,12H2,1-2H3;7,9-13H,3-6,8H2,1-2H3;1H4. The molecule has 2 aliphatic rings. The molecule has 64 heavy (non-hydrogen) atoms. The van der Waals surface area contributed by atoms with Gasteiger partial charge in [0.05, 0.1) is 5.69 Å². The number of carbonyl (C=O) groups excluding carboxylic acids is 4. The van der Waals surface area contributed by atoms with Crippen molar-refractivity contribution in [3.8, 4) is 22.4 Å². The predicted octanol–water partition coefficient (Wildman–Crippen LogP) is 14.9. The summed E-state index contributed by atoms with van der Waals surface area (Å²) in [5, 5.41) is 5.62. The summed E-state index contributed by atoms with van der Waals surface area (Å²) in [4.78, 5) is 61.3. The molecule has 2 aliphatic heterocycles. The molecule has 7 nitrogen and oxygen atoms in total. The average Bonchev–Trinajstić information content (AvgIpc) is 3.32. The molecular formula is C56H58BrN3O4. The van der Waals surface area contributed by atoms with Crippen LogP contribution in [0, 0.1) is 0 Å². The summed E-state index contributed by atoms with van der Waals surface area (Å²) >= 11 is 3.52. The van der Waals surface area contributed by atoms with Gasteiger partial charge in [0.25, 0.3) is 23.6 Å². The molecule has 7 aromatic rings. The van der Waals surface area contributed by atoms with E-state index in [1.54, 1.807) is 0 Å². The van der Waals surface area contributed by atoms with Gasteiger partial charge in [-0.15, -0.1) is 0 Å². The lowest BCUT2D eigenvalue weighted by Crippen LogP contribution is -2.46. The molecule has 8 heteroatoms. The van der Waals surface area contributed by atoms with Gasteiger partial charge in [-0.25, -0.2) is 0 Å². The van der Waals surface area contributed by atoms with E-state index in [0.717, 1.165) is 123 Å². The Balaban J connectivity index is 0.000000211. The minimum Gasteiger partial charge on any atom is -0.271 e. The molecule has 0 fully saturated rings. The molecule has 0 saturated carbocycles. The molecule has 3 heterocycles. The van der Waals surface area contributed by atoms with Crippen LogP contribution in [0.3, 0.4) is 0 Å². The highest BCUT2D eigenvalue weighted by Crippen LogP contribution is 2.42. The lowest BCUT2D eigenvalue weighted by Gasteiger charge is -2.34. The van der Waals surface area contributed by atoms with Crippen LogP contribution < -0.4 is 0 Å². The molecule has 0 radical (unpaired) electrons. The first-order valence-electron chi connectivity index (χ1n) is 22.7. The summed E-state index contributed by atoms with van der Waals surface area (Å²) in [5.41, 5.74) is 6.60. The van der Waals surface area contributed by atoms with Gasteiger partial charge in [-0.05, 0) is 101 Å². The van der Waals surface area contributed by atoms with Crippen molar-refractivity contribution in [1.29, 1.82) is 0 Å². The fourth-order valence-corrected chi connectivity index (χ4v) is 10.1. The van der Waals surface area contributed by atoms with Crippen LogP contribution in [-0.4, -0.2) is 50.5 Å². The summed E-state index contributed by atoms with van der Waals surface area (Å²) in [6.07, 6.45) is 11.6. The van der Waals surface area contributed by atoms with Crippen molar-refractivity contribution in [2.24, 2.45) is 0 Å². The van der Waals surface area contributed by atoms with E-state index in [1.807, 2.05) is 97.2 Å². The second-order valence-corrected chi connectivity index (χ2v) is 17.6. The Labute approximate surface area is 386 Å². The Morgan fingerprint density at radius 1 is 0.453 bits per heavy atom. The SMILES string of the molecule is C.CCCCCC(CC)N1C(=O)c2cccc3c(-c4ccc(-c5ccccn5)c5ccccc45)ccc(c23)C1=O.CCCCCC(CC)N1C(=O)c2cccc3c(Br)ccc(c23)C1=O. The van der Waals surface area contributed by atoms with Gasteiger partial charge >= 0.3 is 0 Å². The highest BCUT2D eigenvalue weighted by Gasteiger charge is 2.38. The minimum absolute atomic E-state index is 0. The van der Waals surface area contributed by atoms with Crippen LogP contribution >= 0.6 is 15.9 Å². The Kier molecular flexibility index (Phi) is 14.6. The van der Waals surface area contributed by atoms with Gasteiger partial charge in [0.2, 0.25) is 0 Å². The van der Waals surface area contributed by atoms with Crippen molar-refractivity contribution in [3.05, 3.63) is 148 Å². The molecule has 328 valence electrons. The first-order valence-corrected chi connectivity index (χ1v) is 23.5. The van der Waals surface area contributed by atoms with Crippen molar-refractivity contribution in [2.45, 2.75) is 111 Å². The van der Waals surface area contributed by atoms with Crippen LogP contribution in [0.1, 0.15) is 141 Å². The van der Waals surface area contributed by atoms with Crippen LogP contribution in [0.4, 0.5) is 0 Å². The van der Waals surface area contributed by atoms with Crippen LogP contribution in [-0.2, 0) is 0 Å². The predicted molar refractivity (Wildman–Crippen MR) is 266 cm³/mol. The molecule has 1 aromatic heterocycles. The van der Waals surface area contributed by atoms with Gasteiger partial charge in [-0.1, -0.05) is 162 Å². The van der Waals surface area contributed by atoms with Crippen LogP contribution in [0.15, 0.2) is 126 Å². The van der Waals surface area contributed by atoms with E-state index in [4.69, 9.17) is 0 Å². The Bertz CT molecular complexity index is 2830. The number of aromatic nitrogens is 1. The Hall–Kier alpha value is -5.99. The smallest absolute Gasteiger partial charge is 0.261 e. The number of hydrogen-bond donors (Lipinski definition) is 0. The fraction of sp³-hybridized carbons (Fsp3) is 0.304. The molecule has 0 spiro atoms. The second-order valence-electron chi connectivity index (χ2n) is 16.7. The number of rotatable bonds is 14. The van der Waals surface area contributed by atoms with E-state index in [1.165, 1.54) is 9.80 Å². The van der Waals surface area contributed by atoms with Crippen molar-refractivity contribution < 1.29 is 19.2 Å². The van der Waals surface area contributed by atoms with Crippen LogP contribution in [0.5, 0.6) is 0 Å². The largest absolute Gasteiger partial charge is 0.271 e. The van der Waals surface area contributed by atoms with Gasteiger partial charge in [-0.2, -0.15) is 0 Å². The van der Waals surface area contributed by atoms with E-state index in [-0.39, 0.29) is 43.1 Å². The maximum Gasteiger partial charge on any atom is 0.261 e. The molecule has 2 atom stereocenters. The average molecular weight is 917 g/mol. The summed E-state index contributed by atoms with van der Waals surface area (Å²) in [5.74, 6) is -0.651. The normalized spacial score (nSPS) is 14.1. The first kappa shape index (κ1) is 46.0. The topological polar surface area (TPSA) is 87.7 Å². The van der Waals surface area contributed by atoms with Crippen molar-refractivity contribution in [2.75, 3.05) is 0 Å². The van der Waals surface area contributed by atoms with E-state index < -0.39 is 0 Å². The molecule has 6 aromatic carbocycles. The van der Waals surface area contributed by atoms with Crippen molar-refractivity contribution >= 4 is 71.9 Å². The van der Waals surface area contributed by atoms with Crippen molar-refractivity contribution in [3.63, 3.8) is 0 Å². The number of amides is 4. The van der Waals surface area contributed by atoms with Crippen LogP contribution in [0.2, 0.25) is 0 Å². The number of carbonyl (C=O) groups is 4. The number of benzene rings is 6. The van der Waals surface area contributed by atoms with Crippen molar-refractivity contribution in [1.82, 2.24) is 14.8 Å². The van der Waals surface area contributed by atoms with Gasteiger partial charge in [0.1, 0.15) is 0 Å². The van der Waals surface area contributed by atoms with Gasteiger partial charge in [0, 0.05) is 61.3 Å². The maximum absolute atomic E-state index is 13.8. The third-order valence-electron chi connectivity index (χ3n) is 12.9. The van der Waals surface area contributed by atoms with Gasteiger partial charge in [-0.3, -0.25) is 34.0 Å². The molecule has 0 N–H and O–H groups in total. The zero-order valence-electron chi connectivity index (χ0n) is 36.6. The van der Waals surface area contributed by atoms with E-state index in [0.29, 0.717) is 22.3 Å². The summed E-state index contributed by atoms with van der Waals surface area (Å²) in [7, 11) is 0. The monoisotopic (exact) mass is 915 g/mol. The van der Waals surface area contributed by atoms with Gasteiger partial charge < -0.3 is 0 Å². The zero-order chi connectivity index (χ0) is 44.2. The number of hydrogen-bond acceptors (Lipinski definition) is 5. The number of imide groups is 2. The lowest BCUT2D eigenvalue weighted by molar-refractivity contribution is 0.0508. The number of pyridine rings is 1. The molecule has 2 unspecified atom stereocenters. The Morgan fingerprint density at radius 3 is 1.39 bits per heavy atom. The quantitative estimate of drug-likeness (QED) is 0.0801. The Morgan fingerprint density at radius 2 is 0.875 bits per heavy atom.